The molecule has 1 N–H and O–H groups in total. The minimum atomic E-state index is -3.70. The molecular weight excluding hydrogens is 302 g/mol. The van der Waals surface area contributed by atoms with Crippen LogP contribution < -0.4 is 4.72 Å². The molecule has 0 aliphatic heterocycles. The Kier molecular flexibility index (Phi) is 5.59. The topological polar surface area (TPSA) is 81.1 Å². The number of hydrogen-bond donors (Lipinski definition) is 1. The molecule has 1 amide bonds. The summed E-state index contributed by atoms with van der Waals surface area (Å²) in [5.74, 6) is -0.723. The van der Waals surface area contributed by atoms with Crippen LogP contribution in [0.25, 0.3) is 0 Å². The van der Waals surface area contributed by atoms with Crippen molar-refractivity contribution in [3.63, 3.8) is 0 Å². The van der Waals surface area contributed by atoms with Crippen LogP contribution in [-0.4, -0.2) is 29.4 Å². The number of halogens is 1. The van der Waals surface area contributed by atoms with Gasteiger partial charge in [0.25, 0.3) is 5.91 Å². The summed E-state index contributed by atoms with van der Waals surface area (Å²) in [5.41, 5.74) is 0.525. The Bertz CT molecular complexity index is 591. The van der Waals surface area contributed by atoms with Gasteiger partial charge in [-0.2, -0.15) is 5.10 Å². The van der Waals surface area contributed by atoms with Crippen LogP contribution in [0.1, 0.15) is 49.7 Å². The van der Waals surface area contributed by atoms with E-state index in [4.69, 9.17) is 11.6 Å². The van der Waals surface area contributed by atoms with Crippen LogP contribution in [-0.2, 0) is 16.6 Å². The fourth-order valence-corrected chi connectivity index (χ4v) is 3.80. The lowest BCUT2D eigenvalue weighted by Crippen LogP contribution is -2.38. The highest BCUT2D eigenvalue weighted by atomic mass is 35.5. The van der Waals surface area contributed by atoms with Gasteiger partial charge in [0, 0.05) is 6.54 Å². The summed E-state index contributed by atoms with van der Waals surface area (Å²) in [6, 6.07) is 0. The van der Waals surface area contributed by atoms with Crippen molar-refractivity contribution in [2.45, 2.75) is 52.3 Å². The minimum absolute atomic E-state index is 0.114. The smallest absolute Gasteiger partial charge is 0.268 e. The molecule has 1 rings (SSSR count). The van der Waals surface area contributed by atoms with Crippen LogP contribution in [0.4, 0.5) is 0 Å². The van der Waals surface area contributed by atoms with Gasteiger partial charge in [0.05, 0.1) is 10.9 Å². The summed E-state index contributed by atoms with van der Waals surface area (Å²) >= 11 is 6.05. The first-order valence-electron chi connectivity index (χ1n) is 6.57. The van der Waals surface area contributed by atoms with Crippen LogP contribution >= 0.6 is 11.6 Å². The van der Waals surface area contributed by atoms with E-state index in [0.717, 1.165) is 0 Å². The van der Waals surface area contributed by atoms with Crippen LogP contribution in [0.3, 0.4) is 0 Å². The molecule has 0 bridgehead atoms. The summed E-state index contributed by atoms with van der Waals surface area (Å²) < 4.78 is 27.7. The van der Waals surface area contributed by atoms with E-state index < -0.39 is 21.2 Å². The number of nitrogens with zero attached hydrogens (tertiary/aromatic N) is 2. The van der Waals surface area contributed by atoms with Gasteiger partial charge in [0.15, 0.2) is 0 Å². The standard InChI is InChI=1S/C12H20ClN3O3S/c1-5-9(6-2)20(18,19)15-12(17)10-8(4)14-16(7-3)11(10)13/h9H,5-7H2,1-4H3,(H,15,17). The second kappa shape index (κ2) is 6.58. The number of rotatable bonds is 6. The lowest BCUT2D eigenvalue weighted by molar-refractivity contribution is 0.0980. The van der Waals surface area contributed by atoms with Gasteiger partial charge in [0.1, 0.15) is 10.7 Å². The number of carbonyl (C=O) groups excluding carboxylic acids is 1. The summed E-state index contributed by atoms with van der Waals surface area (Å²) in [4.78, 5) is 12.1. The Morgan fingerprint density at radius 1 is 1.35 bits per heavy atom. The van der Waals surface area contributed by atoms with Crippen molar-refractivity contribution >= 4 is 27.5 Å². The van der Waals surface area contributed by atoms with Crippen LogP contribution in [0.2, 0.25) is 5.15 Å². The molecule has 20 heavy (non-hydrogen) atoms. The summed E-state index contributed by atoms with van der Waals surface area (Å²) in [7, 11) is -3.70. The number of hydrogen-bond acceptors (Lipinski definition) is 4. The van der Waals surface area contributed by atoms with Crippen molar-refractivity contribution in [3.05, 3.63) is 16.4 Å². The highest BCUT2D eigenvalue weighted by molar-refractivity contribution is 7.90. The second-order valence-electron chi connectivity index (χ2n) is 4.48. The lowest BCUT2D eigenvalue weighted by Gasteiger charge is -2.14. The summed E-state index contributed by atoms with van der Waals surface area (Å²) in [6.07, 6.45) is 0.889. The maximum Gasteiger partial charge on any atom is 0.269 e. The molecule has 8 heteroatoms. The number of aryl methyl sites for hydroxylation is 2. The molecule has 0 atom stereocenters. The van der Waals surface area contributed by atoms with E-state index in [9.17, 15) is 13.2 Å². The van der Waals surface area contributed by atoms with Gasteiger partial charge in [-0.3, -0.25) is 9.48 Å². The molecule has 0 radical (unpaired) electrons. The Labute approximate surface area is 124 Å². The van der Waals surface area contributed by atoms with Crippen molar-refractivity contribution < 1.29 is 13.2 Å². The van der Waals surface area contributed by atoms with E-state index in [-0.39, 0.29) is 10.7 Å². The molecule has 1 aromatic heterocycles. The zero-order chi connectivity index (χ0) is 15.5. The van der Waals surface area contributed by atoms with Crippen molar-refractivity contribution in [2.24, 2.45) is 0 Å². The molecule has 1 aromatic rings. The fourth-order valence-electron chi connectivity index (χ4n) is 2.01. The maximum absolute atomic E-state index is 12.1. The third kappa shape index (κ3) is 3.32. The third-order valence-electron chi connectivity index (χ3n) is 3.18. The van der Waals surface area contributed by atoms with Crippen molar-refractivity contribution in [2.75, 3.05) is 0 Å². The number of nitrogens with one attached hydrogen (secondary N) is 1. The summed E-state index contributed by atoms with van der Waals surface area (Å²) in [6.45, 7) is 7.50. The zero-order valence-corrected chi connectivity index (χ0v) is 13.7. The maximum atomic E-state index is 12.1. The highest BCUT2D eigenvalue weighted by Gasteiger charge is 2.28. The monoisotopic (exact) mass is 321 g/mol. The van der Waals surface area contributed by atoms with Gasteiger partial charge in [-0.15, -0.1) is 0 Å². The molecule has 0 saturated heterocycles. The molecule has 114 valence electrons. The Balaban J connectivity index is 3.06. The third-order valence-corrected chi connectivity index (χ3v) is 5.57. The van der Waals surface area contributed by atoms with Crippen LogP contribution in [0.5, 0.6) is 0 Å². The predicted octanol–water partition coefficient (Wildman–Crippen LogP) is 2.11. The summed E-state index contributed by atoms with van der Waals surface area (Å²) in [5, 5.41) is 3.66. The van der Waals surface area contributed by atoms with E-state index in [0.29, 0.717) is 25.1 Å². The molecule has 0 aliphatic carbocycles. The molecule has 0 spiro atoms. The highest BCUT2D eigenvalue weighted by Crippen LogP contribution is 2.20. The number of sulfonamides is 1. The first-order valence-corrected chi connectivity index (χ1v) is 8.49. The Hall–Kier alpha value is -1.08. The average molecular weight is 322 g/mol. The van der Waals surface area contributed by atoms with E-state index >= 15 is 0 Å². The van der Waals surface area contributed by atoms with Gasteiger partial charge >= 0.3 is 0 Å². The Morgan fingerprint density at radius 3 is 2.30 bits per heavy atom. The van der Waals surface area contributed by atoms with E-state index in [1.165, 1.54) is 4.68 Å². The lowest BCUT2D eigenvalue weighted by atomic mass is 10.2. The van der Waals surface area contributed by atoms with Gasteiger partial charge in [-0.1, -0.05) is 25.4 Å². The number of aromatic nitrogens is 2. The molecular formula is C12H20ClN3O3S. The number of amides is 1. The van der Waals surface area contributed by atoms with Gasteiger partial charge in [0.2, 0.25) is 10.0 Å². The molecule has 1 heterocycles. The largest absolute Gasteiger partial charge is 0.269 e. The molecule has 0 unspecified atom stereocenters. The van der Waals surface area contributed by atoms with Crippen molar-refractivity contribution in [1.29, 1.82) is 0 Å². The van der Waals surface area contributed by atoms with Gasteiger partial charge in [-0.25, -0.2) is 13.1 Å². The van der Waals surface area contributed by atoms with E-state index in [2.05, 4.69) is 9.82 Å². The average Bonchev–Trinajstić information content (AvgIpc) is 2.64. The first-order chi connectivity index (χ1) is 9.28. The van der Waals surface area contributed by atoms with Crippen LogP contribution in [0, 0.1) is 6.92 Å². The SMILES string of the molecule is CCC(CC)S(=O)(=O)NC(=O)c1c(C)nn(CC)c1Cl. The second-order valence-corrected chi connectivity index (χ2v) is 6.80. The minimum Gasteiger partial charge on any atom is -0.268 e. The quantitative estimate of drug-likeness (QED) is 0.870. The molecule has 6 nitrogen and oxygen atoms in total. The molecule has 0 aliphatic rings. The van der Waals surface area contributed by atoms with Gasteiger partial charge in [-0.05, 0) is 26.7 Å². The predicted molar refractivity (Wildman–Crippen MR) is 78.4 cm³/mol. The molecule has 0 fully saturated rings. The fraction of sp³-hybridized carbons (Fsp3) is 0.667. The zero-order valence-electron chi connectivity index (χ0n) is 12.1. The van der Waals surface area contributed by atoms with Crippen molar-refractivity contribution in [3.8, 4) is 0 Å². The van der Waals surface area contributed by atoms with E-state index in [1.807, 2.05) is 6.92 Å². The number of carbonyl (C=O) groups is 1. The van der Waals surface area contributed by atoms with Gasteiger partial charge < -0.3 is 0 Å². The molecule has 0 saturated carbocycles. The first kappa shape index (κ1) is 17.0. The Morgan fingerprint density at radius 2 is 1.90 bits per heavy atom. The normalized spacial score (nSPS) is 11.9. The molecule has 0 aromatic carbocycles. The van der Waals surface area contributed by atoms with Crippen LogP contribution in [0.15, 0.2) is 0 Å². The van der Waals surface area contributed by atoms with E-state index in [1.54, 1.807) is 20.8 Å². The van der Waals surface area contributed by atoms with Crippen molar-refractivity contribution in [1.82, 2.24) is 14.5 Å².